The monoisotopic (exact) mass is 307 g/mol. The molecule has 1 aliphatic rings. The van der Waals surface area contributed by atoms with E-state index in [-0.39, 0.29) is 12.0 Å². The predicted octanol–water partition coefficient (Wildman–Crippen LogP) is 1.22. The second-order valence-corrected chi connectivity index (χ2v) is 5.20. The van der Waals surface area contributed by atoms with Crippen LogP contribution in [0.15, 0.2) is 24.5 Å². The molecule has 1 amide bonds. The fourth-order valence-electron chi connectivity index (χ4n) is 2.27. The van der Waals surface area contributed by atoms with Gasteiger partial charge in [-0.25, -0.2) is 0 Å². The van der Waals surface area contributed by atoms with Gasteiger partial charge in [-0.3, -0.25) is 4.79 Å². The number of carbonyl (C=O) groups is 1. The highest BCUT2D eigenvalue weighted by atomic mass is 35.5. The number of halogens is 1. The lowest BCUT2D eigenvalue weighted by atomic mass is 10.1. The summed E-state index contributed by atoms with van der Waals surface area (Å²) in [5.74, 6) is -0.201. The number of amides is 1. The summed E-state index contributed by atoms with van der Waals surface area (Å²) >= 11 is 5.99. The van der Waals surface area contributed by atoms with Crippen LogP contribution in [-0.4, -0.2) is 45.4 Å². The van der Waals surface area contributed by atoms with Crippen LogP contribution in [0.25, 0.3) is 5.69 Å². The van der Waals surface area contributed by atoms with Gasteiger partial charge < -0.3 is 10.1 Å². The van der Waals surface area contributed by atoms with Gasteiger partial charge >= 0.3 is 0 Å². The largest absolute Gasteiger partial charge is 0.376 e. The highest BCUT2D eigenvalue weighted by molar-refractivity contribution is 6.31. The second-order valence-electron chi connectivity index (χ2n) is 4.76. The van der Waals surface area contributed by atoms with Crippen molar-refractivity contribution in [2.45, 2.75) is 18.9 Å². The van der Waals surface area contributed by atoms with Gasteiger partial charge in [0.1, 0.15) is 6.33 Å². The fraction of sp³-hybridized carbons (Fsp3) is 0.385. The van der Waals surface area contributed by atoms with Crippen molar-refractivity contribution >= 4 is 17.5 Å². The highest BCUT2D eigenvalue weighted by Gasteiger charge is 2.19. The molecule has 1 atom stereocenters. The summed E-state index contributed by atoms with van der Waals surface area (Å²) in [4.78, 5) is 12.3. The molecule has 1 saturated heterocycles. The standard InChI is InChI=1S/C13H14ClN5O2/c14-9-3-4-11(12(6-9)19-8-16-17-18-19)13(20)15-7-10-2-1-5-21-10/h3-4,6,8,10H,1-2,5,7H2,(H,15,20)/t10-/m0/s1. The lowest BCUT2D eigenvalue weighted by Crippen LogP contribution is -2.32. The number of hydrogen-bond donors (Lipinski definition) is 1. The van der Waals surface area contributed by atoms with Crippen molar-refractivity contribution in [2.24, 2.45) is 0 Å². The maximum atomic E-state index is 12.3. The molecule has 1 aromatic carbocycles. The SMILES string of the molecule is O=C(NC[C@@H]1CCCO1)c1ccc(Cl)cc1-n1cnnn1. The first-order valence-corrected chi connectivity index (χ1v) is 7.04. The van der Waals surface area contributed by atoms with Crippen LogP contribution in [0.5, 0.6) is 0 Å². The van der Waals surface area contributed by atoms with Crippen molar-refractivity contribution in [1.29, 1.82) is 0 Å². The Morgan fingerprint density at radius 2 is 2.43 bits per heavy atom. The first-order chi connectivity index (χ1) is 10.2. The number of rotatable bonds is 4. The Labute approximate surface area is 126 Å². The molecule has 2 heterocycles. The Bertz CT molecular complexity index is 625. The van der Waals surface area contributed by atoms with E-state index in [4.69, 9.17) is 16.3 Å². The zero-order valence-electron chi connectivity index (χ0n) is 11.2. The number of aromatic nitrogens is 4. The number of nitrogens with one attached hydrogen (secondary N) is 1. The molecular formula is C13H14ClN5O2. The normalized spacial score (nSPS) is 17.9. The predicted molar refractivity (Wildman–Crippen MR) is 75.5 cm³/mol. The van der Waals surface area contributed by atoms with Crippen LogP contribution < -0.4 is 5.32 Å². The molecule has 1 aliphatic heterocycles. The zero-order chi connectivity index (χ0) is 14.7. The fourth-order valence-corrected chi connectivity index (χ4v) is 2.43. The Balaban J connectivity index is 1.79. The van der Waals surface area contributed by atoms with E-state index < -0.39 is 0 Å². The first-order valence-electron chi connectivity index (χ1n) is 6.67. The number of benzene rings is 1. The van der Waals surface area contributed by atoms with Gasteiger partial charge in [-0.15, -0.1) is 5.10 Å². The van der Waals surface area contributed by atoms with Crippen LogP contribution >= 0.6 is 11.6 Å². The summed E-state index contributed by atoms with van der Waals surface area (Å²) in [6.45, 7) is 1.26. The third-order valence-electron chi connectivity index (χ3n) is 3.31. The second kappa shape index (κ2) is 6.19. The molecule has 1 fully saturated rings. The molecular weight excluding hydrogens is 294 g/mol. The van der Waals surface area contributed by atoms with E-state index in [1.54, 1.807) is 18.2 Å². The Kier molecular flexibility index (Phi) is 4.12. The van der Waals surface area contributed by atoms with Crippen molar-refractivity contribution in [1.82, 2.24) is 25.5 Å². The van der Waals surface area contributed by atoms with E-state index in [9.17, 15) is 4.79 Å². The number of tetrazole rings is 1. The summed E-state index contributed by atoms with van der Waals surface area (Å²) in [7, 11) is 0. The molecule has 3 rings (SSSR count). The van der Waals surface area contributed by atoms with Gasteiger partial charge in [-0.05, 0) is 41.5 Å². The molecule has 0 spiro atoms. The maximum Gasteiger partial charge on any atom is 0.253 e. The van der Waals surface area contributed by atoms with E-state index in [2.05, 4.69) is 20.8 Å². The molecule has 110 valence electrons. The lowest BCUT2D eigenvalue weighted by Gasteiger charge is -2.13. The smallest absolute Gasteiger partial charge is 0.253 e. The topological polar surface area (TPSA) is 81.9 Å². The lowest BCUT2D eigenvalue weighted by molar-refractivity contribution is 0.0857. The van der Waals surface area contributed by atoms with Crippen molar-refractivity contribution < 1.29 is 9.53 Å². The van der Waals surface area contributed by atoms with Gasteiger partial charge in [0, 0.05) is 18.2 Å². The maximum absolute atomic E-state index is 12.3. The number of hydrogen-bond acceptors (Lipinski definition) is 5. The van der Waals surface area contributed by atoms with Crippen LogP contribution in [0, 0.1) is 0 Å². The van der Waals surface area contributed by atoms with E-state index >= 15 is 0 Å². The molecule has 0 aliphatic carbocycles. The molecule has 1 aromatic heterocycles. The number of carbonyl (C=O) groups excluding carboxylic acids is 1. The molecule has 8 heteroatoms. The van der Waals surface area contributed by atoms with Crippen LogP contribution in [0.2, 0.25) is 5.02 Å². The van der Waals surface area contributed by atoms with Gasteiger partial charge in [-0.1, -0.05) is 11.6 Å². The molecule has 7 nitrogen and oxygen atoms in total. The Morgan fingerprint density at radius 3 is 3.14 bits per heavy atom. The first kappa shape index (κ1) is 14.0. The zero-order valence-corrected chi connectivity index (χ0v) is 12.0. The molecule has 0 saturated carbocycles. The van der Waals surface area contributed by atoms with Crippen molar-refractivity contribution in [3.05, 3.63) is 35.1 Å². The van der Waals surface area contributed by atoms with Gasteiger partial charge in [0.15, 0.2) is 0 Å². The molecule has 0 unspecified atom stereocenters. The summed E-state index contributed by atoms with van der Waals surface area (Å²) < 4.78 is 6.90. The quantitative estimate of drug-likeness (QED) is 0.918. The number of nitrogens with zero attached hydrogens (tertiary/aromatic N) is 4. The minimum atomic E-state index is -0.201. The minimum absolute atomic E-state index is 0.0951. The van der Waals surface area contributed by atoms with Crippen LogP contribution in [-0.2, 0) is 4.74 Å². The molecule has 0 radical (unpaired) electrons. The van der Waals surface area contributed by atoms with Crippen LogP contribution in [0.4, 0.5) is 0 Å². The van der Waals surface area contributed by atoms with Crippen molar-refractivity contribution in [2.75, 3.05) is 13.2 Å². The van der Waals surface area contributed by atoms with E-state index in [0.717, 1.165) is 19.4 Å². The van der Waals surface area contributed by atoms with Crippen molar-refractivity contribution in [3.8, 4) is 5.69 Å². The molecule has 2 aromatic rings. The van der Waals surface area contributed by atoms with Gasteiger partial charge in [0.2, 0.25) is 0 Å². The van der Waals surface area contributed by atoms with Crippen LogP contribution in [0.3, 0.4) is 0 Å². The molecule has 0 bridgehead atoms. The molecule has 21 heavy (non-hydrogen) atoms. The number of ether oxygens (including phenoxy) is 1. The van der Waals surface area contributed by atoms with E-state index in [1.807, 2.05) is 0 Å². The van der Waals surface area contributed by atoms with Gasteiger partial charge in [0.05, 0.1) is 17.4 Å². The summed E-state index contributed by atoms with van der Waals surface area (Å²) in [5, 5.41) is 14.3. The third kappa shape index (κ3) is 3.20. The van der Waals surface area contributed by atoms with Gasteiger partial charge in [0.25, 0.3) is 5.91 Å². The summed E-state index contributed by atoms with van der Waals surface area (Å²) in [5.41, 5.74) is 1.00. The average molecular weight is 308 g/mol. The highest BCUT2D eigenvalue weighted by Crippen LogP contribution is 2.19. The minimum Gasteiger partial charge on any atom is -0.376 e. The van der Waals surface area contributed by atoms with E-state index in [0.29, 0.717) is 22.8 Å². The summed E-state index contributed by atoms with van der Waals surface area (Å²) in [6, 6.07) is 4.97. The Morgan fingerprint density at radius 1 is 1.52 bits per heavy atom. The van der Waals surface area contributed by atoms with Crippen LogP contribution in [0.1, 0.15) is 23.2 Å². The average Bonchev–Trinajstić information content (AvgIpc) is 3.18. The Hall–Kier alpha value is -1.99. The van der Waals surface area contributed by atoms with Gasteiger partial charge in [-0.2, -0.15) is 4.68 Å². The van der Waals surface area contributed by atoms with Crippen molar-refractivity contribution in [3.63, 3.8) is 0 Å². The molecule has 1 N–H and O–H groups in total. The summed E-state index contributed by atoms with van der Waals surface area (Å²) in [6.07, 6.45) is 3.53. The third-order valence-corrected chi connectivity index (χ3v) is 3.55. The van der Waals surface area contributed by atoms with E-state index in [1.165, 1.54) is 11.0 Å².